The van der Waals surface area contributed by atoms with Crippen molar-refractivity contribution in [2.45, 2.75) is 31.3 Å². The minimum absolute atomic E-state index is 0.166. The first-order chi connectivity index (χ1) is 7.09. The zero-order chi connectivity index (χ0) is 11.0. The number of carboxylic acids is 1. The van der Waals surface area contributed by atoms with Crippen molar-refractivity contribution in [1.82, 2.24) is 9.97 Å². The SMILES string of the molecule is CC(C)c1nc2c(c(C(=O)O)n1)CSC2. The minimum Gasteiger partial charge on any atom is -0.476 e. The van der Waals surface area contributed by atoms with E-state index in [0.717, 1.165) is 22.8 Å². The van der Waals surface area contributed by atoms with Crippen molar-refractivity contribution in [3.8, 4) is 0 Å². The van der Waals surface area contributed by atoms with E-state index in [-0.39, 0.29) is 11.6 Å². The van der Waals surface area contributed by atoms with Gasteiger partial charge in [-0.15, -0.1) is 0 Å². The van der Waals surface area contributed by atoms with Crippen molar-refractivity contribution < 1.29 is 9.90 Å². The molecule has 0 radical (unpaired) electrons. The number of carbonyl (C=O) groups is 1. The van der Waals surface area contributed by atoms with Gasteiger partial charge in [0.05, 0.1) is 5.69 Å². The van der Waals surface area contributed by atoms with Gasteiger partial charge < -0.3 is 5.11 Å². The van der Waals surface area contributed by atoms with E-state index in [1.54, 1.807) is 11.8 Å². The molecule has 1 N–H and O–H groups in total. The van der Waals surface area contributed by atoms with Crippen LogP contribution in [-0.2, 0) is 11.5 Å². The van der Waals surface area contributed by atoms with Crippen LogP contribution in [0.15, 0.2) is 0 Å². The molecule has 1 aliphatic heterocycles. The molecule has 0 aromatic carbocycles. The first-order valence-electron chi connectivity index (χ1n) is 4.80. The van der Waals surface area contributed by atoms with Gasteiger partial charge in [0.1, 0.15) is 5.82 Å². The van der Waals surface area contributed by atoms with Crippen LogP contribution in [-0.4, -0.2) is 21.0 Å². The molecule has 5 heteroatoms. The first-order valence-corrected chi connectivity index (χ1v) is 5.95. The van der Waals surface area contributed by atoms with Gasteiger partial charge in [0.15, 0.2) is 5.69 Å². The van der Waals surface area contributed by atoms with Gasteiger partial charge >= 0.3 is 5.97 Å². The number of nitrogens with zero attached hydrogens (tertiary/aromatic N) is 2. The number of thioether (sulfide) groups is 1. The Bertz CT molecular complexity index is 418. The third-order valence-electron chi connectivity index (χ3n) is 2.31. The summed E-state index contributed by atoms with van der Waals surface area (Å²) in [7, 11) is 0. The molecule has 2 rings (SSSR count). The molecule has 4 nitrogen and oxygen atoms in total. The average molecular weight is 224 g/mol. The van der Waals surface area contributed by atoms with E-state index in [2.05, 4.69) is 9.97 Å². The Morgan fingerprint density at radius 3 is 2.73 bits per heavy atom. The van der Waals surface area contributed by atoms with Gasteiger partial charge in [0.2, 0.25) is 0 Å². The molecule has 0 atom stereocenters. The smallest absolute Gasteiger partial charge is 0.354 e. The fourth-order valence-corrected chi connectivity index (χ4v) is 2.55. The average Bonchev–Trinajstić information content (AvgIpc) is 2.62. The van der Waals surface area contributed by atoms with Crippen LogP contribution in [0.4, 0.5) is 0 Å². The number of hydrogen-bond acceptors (Lipinski definition) is 4. The van der Waals surface area contributed by atoms with Crippen molar-refractivity contribution in [3.63, 3.8) is 0 Å². The third-order valence-corrected chi connectivity index (χ3v) is 3.28. The monoisotopic (exact) mass is 224 g/mol. The summed E-state index contributed by atoms with van der Waals surface area (Å²) in [5, 5.41) is 9.06. The lowest BCUT2D eigenvalue weighted by Crippen LogP contribution is -2.11. The lowest BCUT2D eigenvalue weighted by Gasteiger charge is -2.08. The van der Waals surface area contributed by atoms with Crippen molar-refractivity contribution >= 4 is 17.7 Å². The highest BCUT2D eigenvalue weighted by Gasteiger charge is 2.23. The third kappa shape index (κ3) is 1.84. The number of aromatic nitrogens is 2. The second kappa shape index (κ2) is 3.81. The van der Waals surface area contributed by atoms with Crippen LogP contribution in [0.1, 0.15) is 47.3 Å². The molecule has 15 heavy (non-hydrogen) atoms. The molecule has 0 spiro atoms. The van der Waals surface area contributed by atoms with Crippen LogP contribution in [0.25, 0.3) is 0 Å². The zero-order valence-corrected chi connectivity index (χ0v) is 9.47. The molecule has 0 bridgehead atoms. The molecule has 2 heterocycles. The Morgan fingerprint density at radius 1 is 1.40 bits per heavy atom. The normalized spacial score (nSPS) is 14.3. The number of rotatable bonds is 2. The minimum atomic E-state index is -0.946. The molecule has 0 saturated heterocycles. The van der Waals surface area contributed by atoms with E-state index in [0.29, 0.717) is 5.82 Å². The summed E-state index contributed by atoms with van der Waals surface area (Å²) in [6, 6.07) is 0. The van der Waals surface area contributed by atoms with Gasteiger partial charge in [-0.25, -0.2) is 14.8 Å². The van der Waals surface area contributed by atoms with Crippen molar-refractivity contribution in [1.29, 1.82) is 0 Å². The predicted molar refractivity (Wildman–Crippen MR) is 58.1 cm³/mol. The maximum atomic E-state index is 11.0. The van der Waals surface area contributed by atoms with Crippen molar-refractivity contribution in [2.75, 3.05) is 0 Å². The number of fused-ring (bicyclic) bond motifs is 1. The lowest BCUT2D eigenvalue weighted by molar-refractivity contribution is 0.0688. The Morgan fingerprint density at radius 2 is 2.13 bits per heavy atom. The second-order valence-electron chi connectivity index (χ2n) is 3.81. The van der Waals surface area contributed by atoms with Gasteiger partial charge in [-0.1, -0.05) is 13.8 Å². The number of carboxylic acid groups (broad SMARTS) is 1. The summed E-state index contributed by atoms with van der Waals surface area (Å²) in [5.74, 6) is 1.37. The number of aromatic carboxylic acids is 1. The van der Waals surface area contributed by atoms with Gasteiger partial charge in [-0.2, -0.15) is 11.8 Å². The van der Waals surface area contributed by atoms with E-state index < -0.39 is 5.97 Å². The highest BCUT2D eigenvalue weighted by Crippen LogP contribution is 2.31. The second-order valence-corrected chi connectivity index (χ2v) is 4.79. The van der Waals surface area contributed by atoms with Crippen LogP contribution < -0.4 is 0 Å². The molecule has 0 aliphatic carbocycles. The molecule has 0 unspecified atom stereocenters. The van der Waals surface area contributed by atoms with Gasteiger partial charge in [-0.05, 0) is 0 Å². The molecule has 1 aromatic rings. The first kappa shape index (κ1) is 10.4. The Labute approximate surface area is 92.1 Å². The Kier molecular flexibility index (Phi) is 2.65. The van der Waals surface area contributed by atoms with Gasteiger partial charge in [0, 0.05) is 23.0 Å². The predicted octanol–water partition coefficient (Wildman–Crippen LogP) is 2.04. The molecule has 1 aliphatic rings. The van der Waals surface area contributed by atoms with E-state index in [1.165, 1.54) is 0 Å². The molecule has 0 amide bonds. The maximum Gasteiger partial charge on any atom is 0.354 e. The molecular weight excluding hydrogens is 212 g/mol. The summed E-state index contributed by atoms with van der Waals surface area (Å²) in [6.45, 7) is 3.94. The highest BCUT2D eigenvalue weighted by atomic mass is 32.2. The summed E-state index contributed by atoms with van der Waals surface area (Å²) < 4.78 is 0. The topological polar surface area (TPSA) is 63.1 Å². The largest absolute Gasteiger partial charge is 0.476 e. The van der Waals surface area contributed by atoms with E-state index in [4.69, 9.17) is 5.11 Å². The summed E-state index contributed by atoms with van der Waals surface area (Å²) in [6.07, 6.45) is 0. The van der Waals surface area contributed by atoms with Crippen LogP contribution in [0.3, 0.4) is 0 Å². The van der Waals surface area contributed by atoms with Crippen LogP contribution in [0.2, 0.25) is 0 Å². The standard InChI is InChI=1S/C10H12N2O2S/c1-5(2)9-11-7-4-15-3-6(7)8(12-9)10(13)14/h5H,3-4H2,1-2H3,(H,13,14). The summed E-state index contributed by atoms with van der Waals surface area (Å²) >= 11 is 1.69. The quantitative estimate of drug-likeness (QED) is 0.832. The summed E-state index contributed by atoms with van der Waals surface area (Å²) in [5.41, 5.74) is 1.89. The Balaban J connectivity index is 2.57. The van der Waals surface area contributed by atoms with E-state index in [9.17, 15) is 4.79 Å². The zero-order valence-electron chi connectivity index (χ0n) is 8.65. The maximum absolute atomic E-state index is 11.0. The highest BCUT2D eigenvalue weighted by molar-refractivity contribution is 7.98. The molecule has 0 saturated carbocycles. The fourth-order valence-electron chi connectivity index (χ4n) is 1.51. The van der Waals surface area contributed by atoms with Crippen molar-refractivity contribution in [2.24, 2.45) is 0 Å². The Hall–Kier alpha value is -1.10. The lowest BCUT2D eigenvalue weighted by atomic mass is 10.1. The summed E-state index contributed by atoms with van der Waals surface area (Å²) in [4.78, 5) is 19.6. The van der Waals surface area contributed by atoms with E-state index in [1.807, 2.05) is 13.8 Å². The van der Waals surface area contributed by atoms with Gasteiger partial charge in [-0.3, -0.25) is 0 Å². The molecular formula is C10H12N2O2S. The van der Waals surface area contributed by atoms with E-state index >= 15 is 0 Å². The van der Waals surface area contributed by atoms with Crippen LogP contribution >= 0.6 is 11.8 Å². The molecule has 1 aromatic heterocycles. The van der Waals surface area contributed by atoms with Crippen molar-refractivity contribution in [3.05, 3.63) is 22.8 Å². The number of hydrogen-bond donors (Lipinski definition) is 1. The molecule has 80 valence electrons. The fraction of sp³-hybridized carbons (Fsp3) is 0.500. The van der Waals surface area contributed by atoms with Crippen LogP contribution in [0, 0.1) is 0 Å². The van der Waals surface area contributed by atoms with Gasteiger partial charge in [0.25, 0.3) is 0 Å². The van der Waals surface area contributed by atoms with Crippen LogP contribution in [0.5, 0.6) is 0 Å². The molecule has 0 fully saturated rings.